The number of hydrogen-bond acceptors (Lipinski definition) is 3. The van der Waals surface area contributed by atoms with E-state index in [0.717, 1.165) is 0 Å². The molecule has 2 N–H and O–H groups in total. The maximum absolute atomic E-state index is 11.9. The number of carbonyl (C=O) groups is 3. The molecule has 1 aromatic carbocycles. The smallest absolute Gasteiger partial charge is 0.261 e. The van der Waals surface area contributed by atoms with E-state index in [-0.39, 0.29) is 24.1 Å². The van der Waals surface area contributed by atoms with Crippen molar-refractivity contribution in [1.29, 1.82) is 0 Å². The van der Waals surface area contributed by atoms with E-state index in [4.69, 9.17) is 5.73 Å². The zero-order valence-corrected chi connectivity index (χ0v) is 9.89. The summed E-state index contributed by atoms with van der Waals surface area (Å²) in [5.74, 6) is -0.873. The third-order valence-corrected chi connectivity index (χ3v) is 2.93. The van der Waals surface area contributed by atoms with Crippen LogP contribution in [0.25, 0.3) is 0 Å². The molecule has 5 heteroatoms. The molecule has 2 rings (SSSR count). The maximum atomic E-state index is 11.9. The molecule has 1 aliphatic heterocycles. The average molecular weight is 246 g/mol. The summed E-state index contributed by atoms with van der Waals surface area (Å²) in [6.07, 6.45) is 1.46. The summed E-state index contributed by atoms with van der Waals surface area (Å²) >= 11 is 0. The van der Waals surface area contributed by atoms with E-state index in [1.165, 1.54) is 4.90 Å². The van der Waals surface area contributed by atoms with Crippen LogP contribution in [0, 0.1) is 0 Å². The van der Waals surface area contributed by atoms with Crippen LogP contribution in [-0.2, 0) is 4.79 Å². The highest BCUT2D eigenvalue weighted by Crippen LogP contribution is 2.22. The number of fused-ring (bicyclic) bond motifs is 1. The van der Waals surface area contributed by atoms with Crippen LogP contribution in [0.5, 0.6) is 0 Å². The molecule has 0 saturated carbocycles. The van der Waals surface area contributed by atoms with Gasteiger partial charge in [-0.15, -0.1) is 0 Å². The van der Waals surface area contributed by atoms with Crippen molar-refractivity contribution in [3.05, 3.63) is 35.4 Å². The van der Waals surface area contributed by atoms with Crippen molar-refractivity contribution in [3.8, 4) is 0 Å². The zero-order valence-electron chi connectivity index (χ0n) is 9.89. The molecule has 1 heterocycles. The Morgan fingerprint density at radius 3 is 2.11 bits per heavy atom. The molecule has 0 radical (unpaired) electrons. The number of rotatable bonds is 5. The van der Waals surface area contributed by atoms with E-state index in [1.807, 2.05) is 0 Å². The predicted molar refractivity (Wildman–Crippen MR) is 64.9 cm³/mol. The first-order valence-corrected chi connectivity index (χ1v) is 5.85. The van der Waals surface area contributed by atoms with Gasteiger partial charge in [0.15, 0.2) is 0 Å². The molecular weight excluding hydrogens is 232 g/mol. The Kier molecular flexibility index (Phi) is 3.41. The molecule has 0 saturated heterocycles. The second-order valence-corrected chi connectivity index (χ2v) is 4.23. The number of carbonyl (C=O) groups excluding carboxylic acids is 3. The highest BCUT2D eigenvalue weighted by atomic mass is 16.2. The Hall–Kier alpha value is -2.17. The standard InChI is InChI=1S/C13H14N2O3/c14-11(16)7-3-4-8-15-12(17)9-5-1-2-6-10(9)13(15)18/h1-2,5-6H,3-4,7-8H2,(H2,14,16). The third-order valence-electron chi connectivity index (χ3n) is 2.93. The molecular formula is C13H14N2O3. The number of unbranched alkanes of at least 4 members (excludes halogenated alkanes) is 1. The van der Waals surface area contributed by atoms with Crippen molar-refractivity contribution in [2.45, 2.75) is 19.3 Å². The number of imide groups is 1. The summed E-state index contributed by atoms with van der Waals surface area (Å²) in [6, 6.07) is 6.78. The molecule has 0 spiro atoms. The molecule has 0 bridgehead atoms. The Balaban J connectivity index is 1.99. The summed E-state index contributed by atoms with van der Waals surface area (Å²) < 4.78 is 0. The molecule has 1 aromatic rings. The molecule has 0 fully saturated rings. The Bertz CT molecular complexity index is 476. The van der Waals surface area contributed by atoms with Gasteiger partial charge in [-0.25, -0.2) is 0 Å². The van der Waals surface area contributed by atoms with Crippen molar-refractivity contribution in [3.63, 3.8) is 0 Å². The van der Waals surface area contributed by atoms with Crippen LogP contribution < -0.4 is 5.73 Å². The molecule has 0 unspecified atom stereocenters. The number of nitrogens with zero attached hydrogens (tertiary/aromatic N) is 1. The van der Waals surface area contributed by atoms with Gasteiger partial charge in [-0.05, 0) is 25.0 Å². The van der Waals surface area contributed by atoms with Crippen molar-refractivity contribution >= 4 is 17.7 Å². The van der Waals surface area contributed by atoms with Gasteiger partial charge in [0.2, 0.25) is 5.91 Å². The van der Waals surface area contributed by atoms with Crippen molar-refractivity contribution < 1.29 is 14.4 Å². The maximum Gasteiger partial charge on any atom is 0.261 e. The van der Waals surface area contributed by atoms with Gasteiger partial charge in [-0.3, -0.25) is 19.3 Å². The van der Waals surface area contributed by atoms with Crippen LogP contribution in [0.2, 0.25) is 0 Å². The van der Waals surface area contributed by atoms with Gasteiger partial charge in [-0.2, -0.15) is 0 Å². The summed E-state index contributed by atoms with van der Waals surface area (Å²) in [5.41, 5.74) is 5.94. The first-order chi connectivity index (χ1) is 8.61. The highest BCUT2D eigenvalue weighted by Gasteiger charge is 2.34. The second-order valence-electron chi connectivity index (χ2n) is 4.23. The fraction of sp³-hybridized carbons (Fsp3) is 0.308. The van der Waals surface area contributed by atoms with Gasteiger partial charge in [-0.1, -0.05) is 12.1 Å². The first kappa shape index (κ1) is 12.3. The lowest BCUT2D eigenvalue weighted by atomic mass is 10.1. The van der Waals surface area contributed by atoms with Crippen molar-refractivity contribution in [2.24, 2.45) is 5.73 Å². The minimum Gasteiger partial charge on any atom is -0.370 e. The topological polar surface area (TPSA) is 80.5 Å². The number of amides is 3. The van der Waals surface area contributed by atoms with E-state index in [9.17, 15) is 14.4 Å². The Labute approximate surface area is 105 Å². The highest BCUT2D eigenvalue weighted by molar-refractivity contribution is 6.21. The van der Waals surface area contributed by atoms with Gasteiger partial charge in [0.25, 0.3) is 11.8 Å². The summed E-state index contributed by atoms with van der Waals surface area (Å²) in [6.45, 7) is 0.333. The number of hydrogen-bond donors (Lipinski definition) is 1. The van der Waals surface area contributed by atoms with Gasteiger partial charge >= 0.3 is 0 Å². The van der Waals surface area contributed by atoms with Crippen LogP contribution in [0.4, 0.5) is 0 Å². The van der Waals surface area contributed by atoms with E-state index in [0.29, 0.717) is 30.5 Å². The lowest BCUT2D eigenvalue weighted by Gasteiger charge is -2.12. The fourth-order valence-corrected chi connectivity index (χ4v) is 2.01. The predicted octanol–water partition coefficient (Wildman–Crippen LogP) is 0.938. The molecule has 3 amide bonds. The molecule has 5 nitrogen and oxygen atoms in total. The zero-order chi connectivity index (χ0) is 13.1. The number of primary amides is 1. The monoisotopic (exact) mass is 246 g/mol. The summed E-state index contributed by atoms with van der Waals surface area (Å²) in [4.78, 5) is 35.7. The Morgan fingerprint density at radius 1 is 1.06 bits per heavy atom. The molecule has 94 valence electrons. The van der Waals surface area contributed by atoms with Gasteiger partial charge in [0.1, 0.15) is 0 Å². The van der Waals surface area contributed by atoms with Crippen LogP contribution in [0.1, 0.15) is 40.0 Å². The van der Waals surface area contributed by atoms with E-state index >= 15 is 0 Å². The summed E-state index contributed by atoms with van der Waals surface area (Å²) in [7, 11) is 0. The van der Waals surface area contributed by atoms with Gasteiger partial charge in [0.05, 0.1) is 11.1 Å². The average Bonchev–Trinajstić information content (AvgIpc) is 2.59. The van der Waals surface area contributed by atoms with E-state index in [1.54, 1.807) is 24.3 Å². The lowest BCUT2D eigenvalue weighted by Crippen LogP contribution is -2.30. The first-order valence-electron chi connectivity index (χ1n) is 5.85. The van der Waals surface area contributed by atoms with Crippen LogP contribution in [-0.4, -0.2) is 29.2 Å². The van der Waals surface area contributed by atoms with Gasteiger partial charge < -0.3 is 5.73 Å². The quantitative estimate of drug-likeness (QED) is 0.620. The number of benzene rings is 1. The minimum atomic E-state index is -0.364. The van der Waals surface area contributed by atoms with Crippen molar-refractivity contribution in [1.82, 2.24) is 4.90 Å². The van der Waals surface area contributed by atoms with Gasteiger partial charge in [0, 0.05) is 13.0 Å². The molecule has 18 heavy (non-hydrogen) atoms. The number of nitrogens with two attached hydrogens (primary N) is 1. The molecule has 1 aliphatic rings. The lowest BCUT2D eigenvalue weighted by molar-refractivity contribution is -0.118. The molecule has 0 atom stereocenters. The fourth-order valence-electron chi connectivity index (χ4n) is 2.01. The van der Waals surface area contributed by atoms with Crippen molar-refractivity contribution in [2.75, 3.05) is 6.54 Å². The summed E-state index contributed by atoms with van der Waals surface area (Å²) in [5, 5.41) is 0. The second kappa shape index (κ2) is 5.00. The largest absolute Gasteiger partial charge is 0.370 e. The minimum absolute atomic E-state index is 0.255. The van der Waals surface area contributed by atoms with Crippen LogP contribution in [0.3, 0.4) is 0 Å². The molecule has 0 aliphatic carbocycles. The SMILES string of the molecule is NC(=O)CCCCN1C(=O)c2ccccc2C1=O. The van der Waals surface area contributed by atoms with Crippen LogP contribution in [0.15, 0.2) is 24.3 Å². The Morgan fingerprint density at radius 2 is 1.61 bits per heavy atom. The van der Waals surface area contributed by atoms with E-state index < -0.39 is 0 Å². The molecule has 0 aromatic heterocycles. The normalized spacial score (nSPS) is 13.9. The van der Waals surface area contributed by atoms with Crippen LogP contribution >= 0.6 is 0 Å². The third kappa shape index (κ3) is 2.25. The van der Waals surface area contributed by atoms with E-state index in [2.05, 4.69) is 0 Å².